The van der Waals surface area contributed by atoms with Crippen molar-refractivity contribution < 1.29 is 29.3 Å². The number of aliphatic carboxylic acids is 1. The number of hydrogen-bond donors (Lipinski definition) is 3. The van der Waals surface area contributed by atoms with E-state index in [0.717, 1.165) is 18.4 Å². The van der Waals surface area contributed by atoms with Crippen LogP contribution in [0.3, 0.4) is 0 Å². The number of carbonyl (C=O) groups excluding carboxylic acids is 1. The number of aliphatic hydroxyl groups is 1. The standard InChI is InChI=1S/C27H37N5O6/c1-2-3-10-31(11-7-28)24(34)15-32-14-20(18-12-19(16-33)26-22(13-18)37-17-38-26)25(27(35)36)21(32)5-6-23-29-8-4-9-30-23/h4,8-9,12-13,20-21,25,33H,2-3,5-7,10-11,14-17,28H2,1H3,(H,35,36)/t20-,21+,25-/m1/s1. The molecule has 1 fully saturated rings. The van der Waals surface area contributed by atoms with Crippen LogP contribution in [-0.4, -0.2) is 87.4 Å². The number of carbonyl (C=O) groups is 2. The highest BCUT2D eigenvalue weighted by molar-refractivity contribution is 5.79. The van der Waals surface area contributed by atoms with Gasteiger partial charge in [-0.3, -0.25) is 14.5 Å². The zero-order chi connectivity index (χ0) is 27.1. The van der Waals surface area contributed by atoms with E-state index < -0.39 is 23.8 Å². The molecule has 1 aromatic carbocycles. The van der Waals surface area contributed by atoms with E-state index in [0.29, 0.717) is 61.9 Å². The summed E-state index contributed by atoms with van der Waals surface area (Å²) in [4.78, 5) is 38.4. The van der Waals surface area contributed by atoms with Gasteiger partial charge in [0.15, 0.2) is 11.5 Å². The molecule has 206 valence electrons. The number of hydrogen-bond acceptors (Lipinski definition) is 9. The van der Waals surface area contributed by atoms with E-state index in [2.05, 4.69) is 16.9 Å². The molecule has 2 aromatic rings. The molecule has 0 radical (unpaired) electrons. The number of nitrogens with zero attached hydrogens (tertiary/aromatic N) is 4. The first-order valence-corrected chi connectivity index (χ1v) is 13.2. The first kappa shape index (κ1) is 27.7. The van der Waals surface area contributed by atoms with Gasteiger partial charge >= 0.3 is 5.97 Å². The van der Waals surface area contributed by atoms with Crippen LogP contribution < -0.4 is 15.2 Å². The van der Waals surface area contributed by atoms with Crippen molar-refractivity contribution in [3.05, 3.63) is 47.5 Å². The number of rotatable bonds is 13. The highest BCUT2D eigenvalue weighted by Gasteiger charge is 2.47. The van der Waals surface area contributed by atoms with Gasteiger partial charge < -0.3 is 30.3 Å². The van der Waals surface area contributed by atoms with E-state index >= 15 is 0 Å². The molecule has 11 nitrogen and oxygen atoms in total. The van der Waals surface area contributed by atoms with Gasteiger partial charge in [0.2, 0.25) is 12.7 Å². The Morgan fingerprint density at radius 2 is 2.00 bits per heavy atom. The van der Waals surface area contributed by atoms with Crippen LogP contribution >= 0.6 is 0 Å². The maximum absolute atomic E-state index is 13.4. The number of likely N-dealkylation sites (tertiary alicyclic amines) is 1. The molecular formula is C27H37N5O6. The largest absolute Gasteiger partial charge is 0.481 e. The summed E-state index contributed by atoms with van der Waals surface area (Å²) in [5.74, 6) is -0.581. The molecule has 4 N–H and O–H groups in total. The zero-order valence-corrected chi connectivity index (χ0v) is 21.8. The van der Waals surface area contributed by atoms with Crippen LogP contribution in [0.5, 0.6) is 11.5 Å². The van der Waals surface area contributed by atoms with Gasteiger partial charge in [-0.05, 0) is 36.6 Å². The van der Waals surface area contributed by atoms with Gasteiger partial charge in [0.05, 0.1) is 19.1 Å². The van der Waals surface area contributed by atoms with Crippen LogP contribution in [0.25, 0.3) is 0 Å². The van der Waals surface area contributed by atoms with Crippen molar-refractivity contribution >= 4 is 11.9 Å². The Labute approximate surface area is 222 Å². The average molecular weight is 528 g/mol. The molecule has 1 aromatic heterocycles. The minimum absolute atomic E-state index is 0.0495. The molecule has 1 saturated heterocycles. The molecule has 1 amide bonds. The predicted octanol–water partition coefficient (Wildman–Crippen LogP) is 1.39. The maximum atomic E-state index is 13.4. The van der Waals surface area contributed by atoms with Crippen molar-refractivity contribution in [2.45, 2.75) is 51.2 Å². The monoisotopic (exact) mass is 527 g/mol. The van der Waals surface area contributed by atoms with E-state index in [-0.39, 0.29) is 25.9 Å². The summed E-state index contributed by atoms with van der Waals surface area (Å²) < 4.78 is 11.1. The third kappa shape index (κ3) is 6.23. The number of ether oxygens (including phenoxy) is 2. The third-order valence-corrected chi connectivity index (χ3v) is 7.36. The molecule has 0 aliphatic carbocycles. The Kier molecular flexibility index (Phi) is 9.48. The first-order chi connectivity index (χ1) is 18.5. The lowest BCUT2D eigenvalue weighted by Gasteiger charge is -2.29. The number of amides is 1. The van der Waals surface area contributed by atoms with Crippen LogP contribution in [0.15, 0.2) is 30.6 Å². The van der Waals surface area contributed by atoms with Crippen molar-refractivity contribution in [1.82, 2.24) is 19.8 Å². The van der Waals surface area contributed by atoms with Gasteiger partial charge in [0.25, 0.3) is 0 Å². The van der Waals surface area contributed by atoms with Crippen molar-refractivity contribution in [3.8, 4) is 11.5 Å². The van der Waals surface area contributed by atoms with E-state index in [1.165, 1.54) is 0 Å². The summed E-state index contributed by atoms with van der Waals surface area (Å²) in [5, 5.41) is 20.3. The highest BCUT2D eigenvalue weighted by Crippen LogP contribution is 2.44. The highest BCUT2D eigenvalue weighted by atomic mass is 16.7. The van der Waals surface area contributed by atoms with Crippen molar-refractivity contribution in [2.24, 2.45) is 11.7 Å². The fraction of sp³-hybridized carbons (Fsp3) is 0.556. The molecule has 3 atom stereocenters. The number of carboxylic acid groups (broad SMARTS) is 1. The summed E-state index contributed by atoms with van der Waals surface area (Å²) >= 11 is 0. The predicted molar refractivity (Wildman–Crippen MR) is 139 cm³/mol. The van der Waals surface area contributed by atoms with Gasteiger partial charge in [-0.1, -0.05) is 13.3 Å². The molecule has 0 unspecified atom stereocenters. The second-order valence-electron chi connectivity index (χ2n) is 9.77. The van der Waals surface area contributed by atoms with E-state index in [9.17, 15) is 19.8 Å². The summed E-state index contributed by atoms with van der Waals surface area (Å²) in [7, 11) is 0. The number of unbranched alkanes of at least 4 members (excludes halogenated alkanes) is 1. The molecule has 2 aliphatic rings. The van der Waals surface area contributed by atoms with Crippen LogP contribution in [-0.2, 0) is 22.6 Å². The van der Waals surface area contributed by atoms with E-state index in [1.807, 2.05) is 4.90 Å². The summed E-state index contributed by atoms with van der Waals surface area (Å²) in [5.41, 5.74) is 7.07. The summed E-state index contributed by atoms with van der Waals surface area (Å²) in [6.07, 6.45) is 6.13. The fourth-order valence-electron chi connectivity index (χ4n) is 5.50. The lowest BCUT2D eigenvalue weighted by molar-refractivity contribution is -0.143. The van der Waals surface area contributed by atoms with Crippen molar-refractivity contribution in [3.63, 3.8) is 0 Å². The van der Waals surface area contributed by atoms with Gasteiger partial charge in [-0.2, -0.15) is 0 Å². The average Bonchev–Trinajstić information content (AvgIpc) is 3.54. The van der Waals surface area contributed by atoms with Crippen LogP contribution in [0.1, 0.15) is 49.1 Å². The van der Waals surface area contributed by atoms with Gasteiger partial charge in [-0.15, -0.1) is 0 Å². The summed E-state index contributed by atoms with van der Waals surface area (Å²) in [6.45, 7) is 3.78. The maximum Gasteiger partial charge on any atom is 0.308 e. The number of fused-ring (bicyclic) bond motifs is 1. The van der Waals surface area contributed by atoms with E-state index in [4.69, 9.17) is 15.2 Å². The topological polar surface area (TPSA) is 151 Å². The lowest BCUT2D eigenvalue weighted by Crippen LogP contribution is -2.45. The summed E-state index contributed by atoms with van der Waals surface area (Å²) in [6, 6.07) is 4.91. The number of aromatic nitrogens is 2. The van der Waals surface area contributed by atoms with Crippen LogP contribution in [0.4, 0.5) is 0 Å². The third-order valence-electron chi connectivity index (χ3n) is 7.36. The number of aliphatic hydroxyl groups excluding tert-OH is 1. The molecule has 4 rings (SSSR count). The Balaban J connectivity index is 1.64. The molecular weight excluding hydrogens is 490 g/mol. The number of aryl methyl sites for hydroxylation is 1. The molecule has 0 spiro atoms. The second kappa shape index (κ2) is 13.0. The Hall–Kier alpha value is -3.28. The minimum Gasteiger partial charge on any atom is -0.481 e. The molecule has 38 heavy (non-hydrogen) atoms. The van der Waals surface area contributed by atoms with Crippen LogP contribution in [0.2, 0.25) is 0 Å². The molecule has 2 aliphatic heterocycles. The SMILES string of the molecule is CCCCN(CCN)C(=O)CN1C[C@H](c2cc(CO)c3c(c2)OCO3)[C@@H](C(=O)O)[C@@H]1CCc1ncccn1. The van der Waals surface area contributed by atoms with Crippen molar-refractivity contribution in [1.29, 1.82) is 0 Å². The quantitative estimate of drug-likeness (QED) is 0.348. The number of nitrogens with two attached hydrogens (primary N) is 1. The molecule has 3 heterocycles. The van der Waals surface area contributed by atoms with Gasteiger partial charge in [-0.25, -0.2) is 9.97 Å². The number of benzene rings is 1. The Morgan fingerprint density at radius 3 is 2.68 bits per heavy atom. The molecule has 0 saturated carbocycles. The van der Waals surface area contributed by atoms with Gasteiger partial charge in [0, 0.05) is 62.5 Å². The second-order valence-corrected chi connectivity index (χ2v) is 9.77. The van der Waals surface area contributed by atoms with Crippen LogP contribution in [0, 0.1) is 5.92 Å². The smallest absolute Gasteiger partial charge is 0.308 e. The Bertz CT molecular complexity index is 1100. The zero-order valence-electron chi connectivity index (χ0n) is 21.8. The fourth-order valence-corrected chi connectivity index (χ4v) is 5.50. The molecule has 11 heteroatoms. The van der Waals surface area contributed by atoms with Crippen molar-refractivity contribution in [2.75, 3.05) is 39.5 Å². The normalized spacial score (nSPS) is 20.6. The van der Waals surface area contributed by atoms with E-state index in [1.54, 1.807) is 35.5 Å². The molecule has 0 bridgehead atoms. The lowest BCUT2D eigenvalue weighted by atomic mass is 9.83. The first-order valence-electron chi connectivity index (χ1n) is 13.2. The van der Waals surface area contributed by atoms with Gasteiger partial charge in [0.1, 0.15) is 5.82 Å². The Morgan fingerprint density at radius 1 is 1.21 bits per heavy atom. The minimum atomic E-state index is -0.933. The number of carboxylic acids is 1.